The Morgan fingerprint density at radius 3 is 1.89 bits per heavy atom. The van der Waals surface area contributed by atoms with Gasteiger partial charge in [-0.25, -0.2) is 0 Å². The van der Waals surface area contributed by atoms with Gasteiger partial charge < -0.3 is 9.08 Å². The van der Waals surface area contributed by atoms with Crippen LogP contribution < -0.4 is 4.18 Å². The normalized spacial score (nSPS) is 19.1. The zero-order chi connectivity index (χ0) is 24.7. The van der Waals surface area contributed by atoms with Crippen molar-refractivity contribution >= 4 is 21.7 Å². The van der Waals surface area contributed by atoms with E-state index in [0.29, 0.717) is 12.8 Å². The molecule has 1 heterocycles. The van der Waals surface area contributed by atoms with Crippen LogP contribution in [0.5, 0.6) is 5.75 Å². The highest BCUT2D eigenvalue weighted by Gasteiger charge is 2.42. The summed E-state index contributed by atoms with van der Waals surface area (Å²) < 4.78 is 30.8. The van der Waals surface area contributed by atoms with Crippen molar-refractivity contribution in [2.24, 2.45) is 0 Å². The number of carbonyl (C=O) groups is 2. The predicted octanol–water partition coefficient (Wildman–Crippen LogP) is 5.20. The van der Waals surface area contributed by atoms with Gasteiger partial charge in [-0.2, -0.15) is 8.42 Å². The first kappa shape index (κ1) is 23.5. The second-order valence-electron chi connectivity index (χ2n) is 9.37. The molecule has 0 bridgehead atoms. The third-order valence-electron chi connectivity index (χ3n) is 7.13. The van der Waals surface area contributed by atoms with Crippen molar-refractivity contribution in [3.8, 4) is 5.75 Å². The first-order valence-electron chi connectivity index (χ1n) is 12.2. The molecule has 5 rings (SSSR count). The lowest BCUT2D eigenvalue weighted by Crippen LogP contribution is -2.39. The van der Waals surface area contributed by atoms with Crippen LogP contribution in [0.3, 0.4) is 0 Å². The van der Waals surface area contributed by atoms with Crippen molar-refractivity contribution in [3.05, 3.63) is 82.2 Å². The van der Waals surface area contributed by atoms with E-state index in [1.165, 1.54) is 12.1 Å². The molecular formula is C28H29NO5S. The number of rotatable bonds is 5. The van der Waals surface area contributed by atoms with Gasteiger partial charge in [-0.1, -0.05) is 29.8 Å². The third-order valence-corrected chi connectivity index (χ3v) is 8.39. The fourth-order valence-electron chi connectivity index (χ4n) is 5.53. The van der Waals surface area contributed by atoms with E-state index in [2.05, 4.69) is 11.8 Å². The minimum Gasteiger partial charge on any atom is -0.379 e. The van der Waals surface area contributed by atoms with E-state index in [4.69, 9.17) is 4.18 Å². The van der Waals surface area contributed by atoms with Gasteiger partial charge in [0.05, 0.1) is 0 Å². The van der Waals surface area contributed by atoms with Crippen LogP contribution >= 0.6 is 0 Å². The molecule has 3 aliphatic rings. The molecule has 0 spiro atoms. The summed E-state index contributed by atoms with van der Waals surface area (Å²) in [6, 6.07) is 13.3. The van der Waals surface area contributed by atoms with Gasteiger partial charge in [-0.3, -0.25) is 9.59 Å². The molecule has 2 aliphatic carbocycles. The van der Waals surface area contributed by atoms with Crippen molar-refractivity contribution in [1.82, 2.24) is 4.90 Å². The van der Waals surface area contributed by atoms with Gasteiger partial charge in [0.2, 0.25) is 0 Å². The number of benzene rings is 2. The van der Waals surface area contributed by atoms with Gasteiger partial charge in [0, 0.05) is 47.8 Å². The summed E-state index contributed by atoms with van der Waals surface area (Å²) in [5.41, 5.74) is 5.32. The van der Waals surface area contributed by atoms with Crippen LogP contribution in [0.25, 0.3) is 0 Å². The second-order valence-corrected chi connectivity index (χ2v) is 10.9. The van der Waals surface area contributed by atoms with Crippen molar-refractivity contribution in [1.29, 1.82) is 0 Å². The van der Waals surface area contributed by atoms with E-state index in [1.54, 1.807) is 36.4 Å². The number of hydrogen-bond acceptors (Lipinski definition) is 6. The standard InChI is InChI=1S/C28H29NO5S/c1-3-29-22-6-4-8-24(30)27(22)26(28-23(29)7-5-9-25(28)31)19-12-14-20(15-13-19)34-35(32,33)21-16-10-18(2)11-17-21/h10-17,26H,3-9H2,1-2H3. The Hall–Kier alpha value is -3.19. The molecule has 0 saturated heterocycles. The predicted molar refractivity (Wildman–Crippen MR) is 132 cm³/mol. The van der Waals surface area contributed by atoms with Crippen LogP contribution in [0.15, 0.2) is 76.0 Å². The highest BCUT2D eigenvalue weighted by Crippen LogP contribution is 2.49. The van der Waals surface area contributed by atoms with Crippen molar-refractivity contribution in [2.75, 3.05) is 6.54 Å². The summed E-state index contributed by atoms with van der Waals surface area (Å²) in [6.07, 6.45) is 4.26. The Bertz CT molecular complexity index is 1310. The molecular weight excluding hydrogens is 462 g/mol. The highest BCUT2D eigenvalue weighted by molar-refractivity contribution is 7.87. The Balaban J connectivity index is 1.52. The van der Waals surface area contributed by atoms with Crippen molar-refractivity contribution < 1.29 is 22.2 Å². The van der Waals surface area contributed by atoms with E-state index in [-0.39, 0.29) is 22.2 Å². The SMILES string of the molecule is CCN1C2=C(C(=O)CCC2)C(c2ccc(OS(=O)(=O)c3ccc(C)cc3)cc2)C2=C1CCCC2=O. The fourth-order valence-corrected chi connectivity index (χ4v) is 6.46. The average Bonchev–Trinajstić information content (AvgIpc) is 2.84. The first-order valence-corrected chi connectivity index (χ1v) is 13.6. The quantitative estimate of drug-likeness (QED) is 0.535. The van der Waals surface area contributed by atoms with Crippen molar-refractivity contribution in [2.45, 2.75) is 63.2 Å². The summed E-state index contributed by atoms with van der Waals surface area (Å²) in [7, 11) is -3.97. The van der Waals surface area contributed by atoms with Crippen molar-refractivity contribution in [3.63, 3.8) is 0 Å². The molecule has 0 saturated carbocycles. The molecule has 2 aromatic carbocycles. The highest BCUT2D eigenvalue weighted by atomic mass is 32.2. The molecule has 0 atom stereocenters. The lowest BCUT2D eigenvalue weighted by molar-refractivity contribution is -0.117. The molecule has 182 valence electrons. The number of Topliss-reactive ketones (excluding diaryl/α,β-unsaturated/α-hetero) is 2. The number of allylic oxidation sites excluding steroid dienone is 4. The average molecular weight is 492 g/mol. The first-order chi connectivity index (χ1) is 16.8. The zero-order valence-corrected chi connectivity index (χ0v) is 20.9. The maximum Gasteiger partial charge on any atom is 0.339 e. The number of ketones is 2. The largest absolute Gasteiger partial charge is 0.379 e. The number of hydrogen-bond donors (Lipinski definition) is 0. The number of aryl methyl sites for hydroxylation is 1. The molecule has 0 N–H and O–H groups in total. The third kappa shape index (κ3) is 4.22. The van der Waals surface area contributed by atoms with Gasteiger partial charge in [-0.05, 0) is 69.4 Å². The molecule has 0 amide bonds. The number of carbonyl (C=O) groups excluding carboxylic acids is 2. The summed E-state index contributed by atoms with van der Waals surface area (Å²) in [5.74, 6) is -0.0244. The summed E-state index contributed by atoms with van der Waals surface area (Å²) in [6.45, 7) is 4.68. The van der Waals surface area contributed by atoms with Crippen LogP contribution in [0, 0.1) is 6.92 Å². The van der Waals surface area contributed by atoms with Gasteiger partial charge >= 0.3 is 10.1 Å². The summed E-state index contributed by atoms with van der Waals surface area (Å²) in [5, 5.41) is 0. The fraction of sp³-hybridized carbons (Fsp3) is 0.357. The van der Waals surface area contributed by atoms with E-state index in [9.17, 15) is 18.0 Å². The van der Waals surface area contributed by atoms with Crippen LogP contribution in [0.1, 0.15) is 62.5 Å². The van der Waals surface area contributed by atoms with Crippen LogP contribution in [-0.2, 0) is 19.7 Å². The molecule has 6 nitrogen and oxygen atoms in total. The minimum absolute atomic E-state index is 0.0873. The molecule has 2 aromatic rings. The van der Waals surface area contributed by atoms with Crippen LogP contribution in [0.4, 0.5) is 0 Å². The lowest BCUT2D eigenvalue weighted by Gasteiger charge is -2.43. The van der Waals surface area contributed by atoms with Gasteiger partial charge in [0.25, 0.3) is 0 Å². The summed E-state index contributed by atoms with van der Waals surface area (Å²) in [4.78, 5) is 28.6. The molecule has 35 heavy (non-hydrogen) atoms. The molecule has 1 aliphatic heterocycles. The Morgan fingerprint density at radius 1 is 0.829 bits per heavy atom. The molecule has 0 fully saturated rings. The maximum atomic E-state index is 13.2. The second kappa shape index (κ2) is 9.11. The van der Waals surface area contributed by atoms with E-state index < -0.39 is 16.0 Å². The Labute approximate surface area is 206 Å². The maximum absolute atomic E-state index is 13.2. The van der Waals surface area contributed by atoms with Gasteiger partial charge in [0.15, 0.2) is 11.6 Å². The summed E-state index contributed by atoms with van der Waals surface area (Å²) >= 11 is 0. The smallest absolute Gasteiger partial charge is 0.339 e. The van der Waals surface area contributed by atoms with E-state index in [1.807, 2.05) is 6.92 Å². The van der Waals surface area contributed by atoms with E-state index >= 15 is 0 Å². The monoisotopic (exact) mass is 491 g/mol. The van der Waals surface area contributed by atoms with Gasteiger partial charge in [-0.15, -0.1) is 0 Å². The molecule has 0 radical (unpaired) electrons. The molecule has 0 unspecified atom stereocenters. The zero-order valence-electron chi connectivity index (χ0n) is 20.0. The van der Waals surface area contributed by atoms with Crippen LogP contribution in [0.2, 0.25) is 0 Å². The Morgan fingerprint density at radius 2 is 1.37 bits per heavy atom. The van der Waals surface area contributed by atoms with Crippen LogP contribution in [-0.4, -0.2) is 31.4 Å². The Kier molecular flexibility index (Phi) is 6.13. The topological polar surface area (TPSA) is 80.8 Å². The lowest BCUT2D eigenvalue weighted by atomic mass is 9.71. The molecule has 7 heteroatoms. The molecule has 0 aromatic heterocycles. The number of nitrogens with zero attached hydrogens (tertiary/aromatic N) is 1. The minimum atomic E-state index is -3.97. The van der Waals surface area contributed by atoms with Gasteiger partial charge in [0.1, 0.15) is 10.6 Å². The van der Waals surface area contributed by atoms with E-state index in [0.717, 1.165) is 65.9 Å².